The van der Waals surface area contributed by atoms with E-state index in [1.807, 2.05) is 6.92 Å². The van der Waals surface area contributed by atoms with E-state index in [4.69, 9.17) is 0 Å². The molecule has 0 radical (unpaired) electrons. The van der Waals surface area contributed by atoms with E-state index in [-0.39, 0.29) is 17.8 Å². The summed E-state index contributed by atoms with van der Waals surface area (Å²) in [6.07, 6.45) is 0. The molecule has 0 saturated carbocycles. The third-order valence-corrected chi connectivity index (χ3v) is 3.80. The molecule has 110 valence electrons. The number of benzene rings is 1. The van der Waals surface area contributed by atoms with E-state index in [0.29, 0.717) is 12.1 Å². The average molecular weight is 279 g/mol. The SMILES string of the molecule is CC(C(=O)N(C)Cc1ccccc1F)N1CCNCC1. The molecule has 0 spiro atoms. The Bertz CT molecular complexity index is 460. The molecule has 0 aliphatic carbocycles. The molecule has 1 N–H and O–H groups in total. The number of nitrogens with zero attached hydrogens (tertiary/aromatic N) is 2. The molecule has 1 aromatic carbocycles. The van der Waals surface area contributed by atoms with E-state index >= 15 is 0 Å². The Balaban J connectivity index is 1.96. The van der Waals surface area contributed by atoms with Crippen molar-refractivity contribution in [2.45, 2.75) is 19.5 Å². The van der Waals surface area contributed by atoms with E-state index < -0.39 is 0 Å². The van der Waals surface area contributed by atoms with Crippen LogP contribution in [0.5, 0.6) is 0 Å². The second-order valence-electron chi connectivity index (χ2n) is 5.25. The van der Waals surface area contributed by atoms with Crippen LogP contribution in [0.2, 0.25) is 0 Å². The maximum atomic E-state index is 13.6. The summed E-state index contributed by atoms with van der Waals surface area (Å²) in [7, 11) is 1.73. The van der Waals surface area contributed by atoms with Gasteiger partial charge in [0.15, 0.2) is 0 Å². The van der Waals surface area contributed by atoms with E-state index in [1.54, 1.807) is 30.1 Å². The topological polar surface area (TPSA) is 35.6 Å². The number of carbonyl (C=O) groups excluding carboxylic acids is 1. The minimum Gasteiger partial charge on any atom is -0.340 e. The third-order valence-electron chi connectivity index (χ3n) is 3.80. The highest BCUT2D eigenvalue weighted by atomic mass is 19.1. The number of amides is 1. The van der Waals surface area contributed by atoms with Gasteiger partial charge in [0.2, 0.25) is 5.91 Å². The summed E-state index contributed by atoms with van der Waals surface area (Å²) in [6, 6.07) is 6.43. The molecule has 2 rings (SSSR count). The maximum Gasteiger partial charge on any atom is 0.239 e. The average Bonchev–Trinajstić information content (AvgIpc) is 2.49. The summed E-state index contributed by atoms with van der Waals surface area (Å²) < 4.78 is 13.6. The van der Waals surface area contributed by atoms with Crippen LogP contribution in [0.4, 0.5) is 4.39 Å². The molecule has 5 heteroatoms. The zero-order valence-corrected chi connectivity index (χ0v) is 12.1. The van der Waals surface area contributed by atoms with Crippen LogP contribution in [-0.2, 0) is 11.3 Å². The van der Waals surface area contributed by atoms with Crippen LogP contribution in [0.1, 0.15) is 12.5 Å². The van der Waals surface area contributed by atoms with Crippen LogP contribution in [0.3, 0.4) is 0 Å². The number of carbonyl (C=O) groups is 1. The Morgan fingerprint density at radius 3 is 2.70 bits per heavy atom. The number of halogens is 1. The van der Waals surface area contributed by atoms with Gasteiger partial charge in [-0.25, -0.2) is 4.39 Å². The molecule has 1 atom stereocenters. The molecule has 0 aromatic heterocycles. The quantitative estimate of drug-likeness (QED) is 0.896. The molecule has 1 unspecified atom stereocenters. The van der Waals surface area contributed by atoms with Gasteiger partial charge in [-0.2, -0.15) is 0 Å². The van der Waals surface area contributed by atoms with Gasteiger partial charge in [0, 0.05) is 45.3 Å². The molecule has 4 nitrogen and oxygen atoms in total. The number of hydrogen-bond donors (Lipinski definition) is 1. The Morgan fingerprint density at radius 1 is 1.40 bits per heavy atom. The molecular weight excluding hydrogens is 257 g/mol. The highest BCUT2D eigenvalue weighted by molar-refractivity contribution is 5.81. The van der Waals surface area contributed by atoms with E-state index in [0.717, 1.165) is 26.2 Å². The Morgan fingerprint density at radius 2 is 2.05 bits per heavy atom. The van der Waals surface area contributed by atoms with Crippen molar-refractivity contribution < 1.29 is 9.18 Å². The summed E-state index contributed by atoms with van der Waals surface area (Å²) in [5.41, 5.74) is 0.552. The lowest BCUT2D eigenvalue weighted by molar-refractivity contribution is -0.135. The molecule has 0 bridgehead atoms. The van der Waals surface area contributed by atoms with Gasteiger partial charge in [-0.05, 0) is 13.0 Å². The highest BCUT2D eigenvalue weighted by Gasteiger charge is 2.25. The van der Waals surface area contributed by atoms with Crippen LogP contribution in [0.15, 0.2) is 24.3 Å². The summed E-state index contributed by atoms with van der Waals surface area (Å²) >= 11 is 0. The lowest BCUT2D eigenvalue weighted by Gasteiger charge is -2.34. The summed E-state index contributed by atoms with van der Waals surface area (Å²) in [6.45, 7) is 5.80. The van der Waals surface area contributed by atoms with Crippen molar-refractivity contribution in [1.29, 1.82) is 0 Å². The van der Waals surface area contributed by atoms with Gasteiger partial charge < -0.3 is 10.2 Å². The largest absolute Gasteiger partial charge is 0.340 e. The van der Waals surface area contributed by atoms with Crippen LogP contribution >= 0.6 is 0 Å². The number of nitrogens with one attached hydrogen (secondary N) is 1. The zero-order valence-electron chi connectivity index (χ0n) is 12.1. The smallest absolute Gasteiger partial charge is 0.239 e. The molecule has 1 aliphatic rings. The lowest BCUT2D eigenvalue weighted by Crippen LogP contribution is -2.52. The minimum absolute atomic E-state index is 0.0372. The van der Waals surface area contributed by atoms with Crippen molar-refractivity contribution in [2.24, 2.45) is 0 Å². The van der Waals surface area contributed by atoms with Gasteiger partial charge in [-0.1, -0.05) is 18.2 Å². The normalized spacial score (nSPS) is 17.8. The maximum absolute atomic E-state index is 13.6. The first-order valence-corrected chi connectivity index (χ1v) is 7.02. The highest BCUT2D eigenvalue weighted by Crippen LogP contribution is 2.11. The number of rotatable bonds is 4. The summed E-state index contributed by atoms with van der Waals surface area (Å²) in [5.74, 6) is -0.225. The van der Waals surface area contributed by atoms with E-state index in [2.05, 4.69) is 10.2 Å². The van der Waals surface area contributed by atoms with Gasteiger partial charge >= 0.3 is 0 Å². The van der Waals surface area contributed by atoms with Crippen LogP contribution in [-0.4, -0.2) is 55.0 Å². The van der Waals surface area contributed by atoms with E-state index in [1.165, 1.54) is 6.07 Å². The molecule has 1 fully saturated rings. The lowest BCUT2D eigenvalue weighted by atomic mass is 10.1. The fraction of sp³-hybridized carbons (Fsp3) is 0.533. The standard InChI is InChI=1S/C15H22FN3O/c1-12(19-9-7-17-8-10-19)15(20)18(2)11-13-5-3-4-6-14(13)16/h3-6,12,17H,7-11H2,1-2H3. The van der Waals surface area contributed by atoms with Gasteiger partial charge in [0.25, 0.3) is 0 Å². The van der Waals surface area contributed by atoms with Crippen LogP contribution in [0, 0.1) is 5.82 Å². The Kier molecular flexibility index (Phi) is 5.09. The third kappa shape index (κ3) is 3.55. The molecule has 1 amide bonds. The summed E-state index contributed by atoms with van der Waals surface area (Å²) in [5, 5.41) is 3.27. The summed E-state index contributed by atoms with van der Waals surface area (Å²) in [4.78, 5) is 16.2. The minimum atomic E-state index is -0.262. The first-order chi connectivity index (χ1) is 9.59. The monoisotopic (exact) mass is 279 g/mol. The second-order valence-corrected chi connectivity index (χ2v) is 5.25. The molecule has 1 aromatic rings. The van der Waals surface area contributed by atoms with Crippen LogP contribution < -0.4 is 5.32 Å². The van der Waals surface area contributed by atoms with Crippen molar-refractivity contribution in [3.8, 4) is 0 Å². The number of likely N-dealkylation sites (N-methyl/N-ethyl adjacent to an activating group) is 1. The van der Waals surface area contributed by atoms with Crippen molar-refractivity contribution >= 4 is 5.91 Å². The molecular formula is C15H22FN3O. The molecule has 20 heavy (non-hydrogen) atoms. The first kappa shape index (κ1) is 14.9. The molecule has 1 saturated heterocycles. The Labute approximate surface area is 119 Å². The zero-order chi connectivity index (χ0) is 14.5. The molecule has 1 heterocycles. The molecule has 1 aliphatic heterocycles. The number of hydrogen-bond acceptors (Lipinski definition) is 3. The fourth-order valence-electron chi connectivity index (χ4n) is 2.50. The van der Waals surface area contributed by atoms with Crippen molar-refractivity contribution in [3.63, 3.8) is 0 Å². The van der Waals surface area contributed by atoms with E-state index in [9.17, 15) is 9.18 Å². The van der Waals surface area contributed by atoms with Crippen molar-refractivity contribution in [2.75, 3.05) is 33.2 Å². The van der Waals surface area contributed by atoms with Gasteiger partial charge in [-0.15, -0.1) is 0 Å². The Hall–Kier alpha value is -1.46. The van der Waals surface area contributed by atoms with Gasteiger partial charge in [-0.3, -0.25) is 9.69 Å². The number of piperazine rings is 1. The van der Waals surface area contributed by atoms with Gasteiger partial charge in [0.05, 0.1) is 6.04 Å². The predicted octanol–water partition coefficient (Wildman–Crippen LogP) is 1.08. The second kappa shape index (κ2) is 6.81. The van der Waals surface area contributed by atoms with Gasteiger partial charge in [0.1, 0.15) is 5.82 Å². The van der Waals surface area contributed by atoms with Crippen molar-refractivity contribution in [1.82, 2.24) is 15.1 Å². The van der Waals surface area contributed by atoms with Crippen molar-refractivity contribution in [3.05, 3.63) is 35.6 Å². The fourth-order valence-corrected chi connectivity index (χ4v) is 2.50. The first-order valence-electron chi connectivity index (χ1n) is 7.02. The predicted molar refractivity (Wildman–Crippen MR) is 76.8 cm³/mol. The van der Waals surface area contributed by atoms with Crippen LogP contribution in [0.25, 0.3) is 0 Å².